The topological polar surface area (TPSA) is 73.4 Å². The molecule has 3 heterocycles. The van der Waals surface area contributed by atoms with Gasteiger partial charge in [-0.05, 0) is 31.9 Å². The van der Waals surface area contributed by atoms with E-state index in [2.05, 4.69) is 10.1 Å². The number of amides is 1. The minimum atomic E-state index is -0.109. The normalized spacial score (nSPS) is 20.6. The number of ether oxygens (including phenoxy) is 1. The molecule has 2 aliphatic rings. The SMILES string of the molecule is COCc1ccc(C(=O)N2CCn3nc(C4CC4)nc3[C@H]2C)o1. The van der Waals surface area contributed by atoms with Crippen LogP contribution in [0.3, 0.4) is 0 Å². The number of furan rings is 1. The summed E-state index contributed by atoms with van der Waals surface area (Å²) in [6.45, 7) is 3.65. The van der Waals surface area contributed by atoms with E-state index in [0.29, 0.717) is 37.1 Å². The van der Waals surface area contributed by atoms with Crippen LogP contribution in [-0.2, 0) is 17.9 Å². The van der Waals surface area contributed by atoms with E-state index in [9.17, 15) is 4.79 Å². The highest BCUT2D eigenvalue weighted by Crippen LogP contribution is 2.39. The summed E-state index contributed by atoms with van der Waals surface area (Å²) in [4.78, 5) is 19.2. The third-order valence-electron chi connectivity index (χ3n) is 4.47. The molecule has 1 atom stereocenters. The third-order valence-corrected chi connectivity index (χ3v) is 4.47. The molecule has 0 spiro atoms. The fourth-order valence-corrected chi connectivity index (χ4v) is 3.03. The first-order valence-electron chi connectivity index (χ1n) is 8.00. The third kappa shape index (κ3) is 2.55. The van der Waals surface area contributed by atoms with E-state index in [1.54, 1.807) is 24.1 Å². The number of methoxy groups -OCH3 is 1. The quantitative estimate of drug-likeness (QED) is 0.864. The molecule has 122 valence electrons. The Bertz CT molecular complexity index is 732. The van der Waals surface area contributed by atoms with Gasteiger partial charge in [-0.3, -0.25) is 4.79 Å². The summed E-state index contributed by atoms with van der Waals surface area (Å²) in [7, 11) is 1.60. The van der Waals surface area contributed by atoms with Crippen molar-refractivity contribution in [1.82, 2.24) is 19.7 Å². The summed E-state index contributed by atoms with van der Waals surface area (Å²) in [5.41, 5.74) is 0. The average molecular weight is 316 g/mol. The van der Waals surface area contributed by atoms with Crippen LogP contribution in [0.1, 0.15) is 59.7 Å². The van der Waals surface area contributed by atoms with Crippen molar-refractivity contribution in [3.05, 3.63) is 35.3 Å². The maximum Gasteiger partial charge on any atom is 0.290 e. The first-order valence-corrected chi connectivity index (χ1v) is 8.00. The van der Waals surface area contributed by atoms with Gasteiger partial charge in [0.25, 0.3) is 5.91 Å². The summed E-state index contributed by atoms with van der Waals surface area (Å²) in [6, 6.07) is 3.38. The highest BCUT2D eigenvalue weighted by molar-refractivity contribution is 5.91. The van der Waals surface area contributed by atoms with Crippen molar-refractivity contribution in [1.29, 1.82) is 0 Å². The van der Waals surface area contributed by atoms with Crippen molar-refractivity contribution in [2.24, 2.45) is 0 Å². The molecule has 2 aromatic heterocycles. The Hall–Kier alpha value is -2.15. The van der Waals surface area contributed by atoms with E-state index in [1.807, 2.05) is 11.6 Å². The lowest BCUT2D eigenvalue weighted by atomic mass is 10.2. The number of hydrogen-bond donors (Lipinski definition) is 0. The molecule has 1 saturated carbocycles. The highest BCUT2D eigenvalue weighted by atomic mass is 16.5. The van der Waals surface area contributed by atoms with Crippen LogP contribution in [0, 0.1) is 0 Å². The smallest absolute Gasteiger partial charge is 0.290 e. The molecule has 1 amide bonds. The Balaban J connectivity index is 1.55. The number of nitrogens with zero attached hydrogens (tertiary/aromatic N) is 4. The second kappa shape index (κ2) is 5.49. The number of rotatable bonds is 4. The van der Waals surface area contributed by atoms with E-state index in [1.165, 1.54) is 12.8 Å². The predicted molar refractivity (Wildman–Crippen MR) is 80.9 cm³/mol. The molecule has 7 nitrogen and oxygen atoms in total. The number of hydrogen-bond acceptors (Lipinski definition) is 5. The Morgan fingerprint density at radius 2 is 2.22 bits per heavy atom. The Morgan fingerprint density at radius 3 is 2.96 bits per heavy atom. The molecular weight excluding hydrogens is 296 g/mol. The van der Waals surface area contributed by atoms with Gasteiger partial charge < -0.3 is 14.1 Å². The van der Waals surface area contributed by atoms with Gasteiger partial charge in [-0.2, -0.15) is 5.10 Å². The lowest BCUT2D eigenvalue weighted by Gasteiger charge is -2.32. The number of fused-ring (bicyclic) bond motifs is 1. The van der Waals surface area contributed by atoms with Crippen LogP contribution in [0.25, 0.3) is 0 Å². The number of aromatic nitrogens is 3. The zero-order chi connectivity index (χ0) is 16.0. The van der Waals surface area contributed by atoms with Crippen LogP contribution in [0.5, 0.6) is 0 Å². The van der Waals surface area contributed by atoms with Gasteiger partial charge in [0.05, 0.1) is 12.6 Å². The van der Waals surface area contributed by atoms with Crippen LogP contribution in [0.4, 0.5) is 0 Å². The highest BCUT2D eigenvalue weighted by Gasteiger charge is 2.35. The summed E-state index contributed by atoms with van der Waals surface area (Å²) in [5, 5.41) is 4.59. The van der Waals surface area contributed by atoms with Gasteiger partial charge in [-0.15, -0.1) is 0 Å². The maximum atomic E-state index is 12.7. The molecule has 1 fully saturated rings. The zero-order valence-electron chi connectivity index (χ0n) is 13.4. The summed E-state index contributed by atoms with van der Waals surface area (Å²) in [6.07, 6.45) is 2.35. The van der Waals surface area contributed by atoms with E-state index < -0.39 is 0 Å². The van der Waals surface area contributed by atoms with Crippen molar-refractivity contribution in [3.8, 4) is 0 Å². The van der Waals surface area contributed by atoms with Crippen molar-refractivity contribution in [3.63, 3.8) is 0 Å². The minimum Gasteiger partial charge on any atom is -0.453 e. The average Bonchev–Trinajstić information content (AvgIpc) is 3.13. The summed E-state index contributed by atoms with van der Waals surface area (Å²) >= 11 is 0. The first-order chi connectivity index (χ1) is 11.2. The first kappa shape index (κ1) is 14.4. The van der Waals surface area contributed by atoms with Gasteiger partial charge in [0.1, 0.15) is 18.2 Å². The lowest BCUT2D eigenvalue weighted by Crippen LogP contribution is -2.41. The van der Waals surface area contributed by atoms with Gasteiger partial charge in [-0.25, -0.2) is 9.67 Å². The largest absolute Gasteiger partial charge is 0.453 e. The zero-order valence-corrected chi connectivity index (χ0v) is 13.4. The molecule has 0 saturated heterocycles. The van der Waals surface area contributed by atoms with E-state index in [-0.39, 0.29) is 11.9 Å². The summed E-state index contributed by atoms with van der Waals surface area (Å²) in [5.74, 6) is 3.21. The molecule has 0 N–H and O–H groups in total. The van der Waals surface area contributed by atoms with Gasteiger partial charge >= 0.3 is 0 Å². The molecule has 1 aliphatic carbocycles. The molecule has 4 rings (SSSR count). The monoisotopic (exact) mass is 316 g/mol. The Morgan fingerprint density at radius 1 is 1.39 bits per heavy atom. The number of carbonyl (C=O) groups is 1. The van der Waals surface area contributed by atoms with Crippen molar-refractivity contribution in [2.45, 2.75) is 44.9 Å². The fraction of sp³-hybridized carbons (Fsp3) is 0.562. The van der Waals surface area contributed by atoms with Crippen molar-refractivity contribution in [2.75, 3.05) is 13.7 Å². The molecule has 0 unspecified atom stereocenters. The van der Waals surface area contributed by atoms with Gasteiger partial charge in [-0.1, -0.05) is 0 Å². The second-order valence-corrected chi connectivity index (χ2v) is 6.20. The number of carbonyl (C=O) groups excluding carboxylic acids is 1. The predicted octanol–water partition coefficient (Wildman–Crippen LogP) is 2.11. The standard InChI is InChI=1S/C16H20N4O3/c1-10-15-17-14(11-3-4-11)18-20(15)8-7-19(10)16(21)13-6-5-12(23-13)9-22-2/h5-6,10-11H,3-4,7-9H2,1-2H3/t10-/m1/s1. The molecule has 7 heteroatoms. The van der Waals surface area contributed by atoms with E-state index in [0.717, 1.165) is 11.6 Å². The molecule has 0 radical (unpaired) electrons. The van der Waals surface area contributed by atoms with E-state index >= 15 is 0 Å². The Labute approximate surface area is 134 Å². The van der Waals surface area contributed by atoms with Crippen molar-refractivity contribution >= 4 is 5.91 Å². The van der Waals surface area contributed by atoms with Gasteiger partial charge in [0.15, 0.2) is 11.6 Å². The van der Waals surface area contributed by atoms with E-state index in [4.69, 9.17) is 9.15 Å². The second-order valence-electron chi connectivity index (χ2n) is 6.20. The molecule has 0 bridgehead atoms. The van der Waals surface area contributed by atoms with Crippen LogP contribution in [0.15, 0.2) is 16.5 Å². The maximum absolute atomic E-state index is 12.7. The van der Waals surface area contributed by atoms with Gasteiger partial charge in [0, 0.05) is 19.6 Å². The molecule has 0 aromatic carbocycles. The van der Waals surface area contributed by atoms with Crippen LogP contribution in [-0.4, -0.2) is 39.2 Å². The molecule has 23 heavy (non-hydrogen) atoms. The molecule has 1 aliphatic heterocycles. The molecular formula is C16H20N4O3. The lowest BCUT2D eigenvalue weighted by molar-refractivity contribution is 0.0591. The Kier molecular flexibility index (Phi) is 3.45. The minimum absolute atomic E-state index is 0.104. The van der Waals surface area contributed by atoms with Crippen LogP contribution in [0.2, 0.25) is 0 Å². The van der Waals surface area contributed by atoms with Crippen LogP contribution >= 0.6 is 0 Å². The fourth-order valence-electron chi connectivity index (χ4n) is 3.03. The van der Waals surface area contributed by atoms with Crippen LogP contribution < -0.4 is 0 Å². The summed E-state index contributed by atoms with van der Waals surface area (Å²) < 4.78 is 12.5. The van der Waals surface area contributed by atoms with Crippen molar-refractivity contribution < 1.29 is 13.9 Å². The van der Waals surface area contributed by atoms with Gasteiger partial charge in [0.2, 0.25) is 0 Å². The molecule has 2 aromatic rings.